The van der Waals surface area contributed by atoms with Crippen LogP contribution in [0.2, 0.25) is 0 Å². The van der Waals surface area contributed by atoms with E-state index in [1.54, 1.807) is 7.11 Å². The second kappa shape index (κ2) is 9.63. The van der Waals surface area contributed by atoms with Gasteiger partial charge < -0.3 is 19.7 Å². The fourth-order valence-electron chi connectivity index (χ4n) is 2.89. The summed E-state index contributed by atoms with van der Waals surface area (Å²) >= 11 is 0. The first-order valence-corrected chi connectivity index (χ1v) is 7.88. The number of likely N-dealkylation sites (tertiary alicyclic amines) is 1. The number of nitrogens with zero attached hydrogens (tertiary/aromatic N) is 1. The summed E-state index contributed by atoms with van der Waals surface area (Å²) in [6, 6.07) is 7.30. The summed E-state index contributed by atoms with van der Waals surface area (Å²) in [6.45, 7) is 4.41. The Kier molecular flexibility index (Phi) is 8.20. The highest BCUT2D eigenvalue weighted by Crippen LogP contribution is 2.20. The Balaban J connectivity index is 0.00000264. The number of carbonyl (C=O) groups excluding carboxylic acids is 1. The third-order valence-electron chi connectivity index (χ3n) is 4.04. The predicted octanol–water partition coefficient (Wildman–Crippen LogP) is 2.34. The van der Waals surface area contributed by atoms with Crippen molar-refractivity contribution in [2.45, 2.75) is 25.9 Å². The first-order chi connectivity index (χ1) is 10.6. The topological polar surface area (TPSA) is 50.8 Å². The Morgan fingerprint density at radius 1 is 1.35 bits per heavy atom. The van der Waals surface area contributed by atoms with Crippen molar-refractivity contribution in [3.8, 4) is 11.5 Å². The van der Waals surface area contributed by atoms with Crippen molar-refractivity contribution in [1.29, 1.82) is 0 Å². The van der Waals surface area contributed by atoms with Crippen LogP contribution >= 0.6 is 12.4 Å². The Bertz CT molecular complexity index is 479. The van der Waals surface area contributed by atoms with Gasteiger partial charge in [0.15, 0.2) is 6.10 Å². The summed E-state index contributed by atoms with van der Waals surface area (Å²) in [5.74, 6) is 2.07. The molecule has 1 aromatic carbocycles. The molecule has 1 saturated heterocycles. The Labute approximate surface area is 144 Å². The van der Waals surface area contributed by atoms with Crippen LogP contribution in [0.3, 0.4) is 0 Å². The number of carbonyl (C=O) groups is 1. The Morgan fingerprint density at radius 3 is 2.61 bits per heavy atom. The zero-order valence-electron chi connectivity index (χ0n) is 14.1. The van der Waals surface area contributed by atoms with Crippen LogP contribution in [0.25, 0.3) is 0 Å². The van der Waals surface area contributed by atoms with Gasteiger partial charge >= 0.3 is 0 Å². The van der Waals surface area contributed by atoms with Crippen molar-refractivity contribution in [3.63, 3.8) is 0 Å². The van der Waals surface area contributed by atoms with E-state index in [9.17, 15) is 4.79 Å². The van der Waals surface area contributed by atoms with Gasteiger partial charge in [0.1, 0.15) is 11.5 Å². The summed E-state index contributed by atoms with van der Waals surface area (Å²) in [5, 5.41) is 3.20. The van der Waals surface area contributed by atoms with Gasteiger partial charge in [0.05, 0.1) is 7.11 Å². The lowest BCUT2D eigenvalue weighted by Crippen LogP contribution is -2.47. The molecule has 6 heteroatoms. The van der Waals surface area contributed by atoms with E-state index in [0.29, 0.717) is 11.7 Å². The molecule has 0 aliphatic carbocycles. The van der Waals surface area contributed by atoms with Crippen molar-refractivity contribution in [3.05, 3.63) is 24.3 Å². The highest BCUT2D eigenvalue weighted by molar-refractivity contribution is 5.85. The van der Waals surface area contributed by atoms with E-state index in [0.717, 1.165) is 31.8 Å². The fraction of sp³-hybridized carbons (Fsp3) is 0.588. The molecule has 0 bridgehead atoms. The minimum Gasteiger partial charge on any atom is -0.497 e. The maximum absolute atomic E-state index is 12.5. The molecule has 0 aromatic heterocycles. The molecule has 1 aliphatic rings. The molecule has 0 radical (unpaired) electrons. The maximum Gasteiger partial charge on any atom is 0.263 e. The van der Waals surface area contributed by atoms with E-state index in [-0.39, 0.29) is 18.3 Å². The summed E-state index contributed by atoms with van der Waals surface area (Å²) in [4.78, 5) is 14.5. The molecule has 2 rings (SSSR count). The Morgan fingerprint density at radius 2 is 2.00 bits per heavy atom. The van der Waals surface area contributed by atoms with Gasteiger partial charge in [-0.2, -0.15) is 0 Å². The molecule has 5 nitrogen and oxygen atoms in total. The van der Waals surface area contributed by atoms with Gasteiger partial charge in [0, 0.05) is 13.1 Å². The molecule has 2 unspecified atom stereocenters. The quantitative estimate of drug-likeness (QED) is 0.862. The van der Waals surface area contributed by atoms with Crippen LogP contribution in [0.15, 0.2) is 24.3 Å². The number of ether oxygens (including phenoxy) is 2. The lowest BCUT2D eigenvalue weighted by Gasteiger charge is -2.34. The number of rotatable bonds is 6. The van der Waals surface area contributed by atoms with Crippen LogP contribution in [0.5, 0.6) is 11.5 Å². The zero-order valence-corrected chi connectivity index (χ0v) is 14.9. The van der Waals surface area contributed by atoms with Gasteiger partial charge in [0.2, 0.25) is 0 Å². The molecule has 0 spiro atoms. The van der Waals surface area contributed by atoms with Crippen LogP contribution in [0.1, 0.15) is 19.8 Å². The molecule has 1 amide bonds. The third kappa shape index (κ3) is 5.59. The number of benzene rings is 1. The average molecular weight is 343 g/mol. The van der Waals surface area contributed by atoms with Crippen LogP contribution in [-0.4, -0.2) is 50.7 Å². The van der Waals surface area contributed by atoms with Gasteiger partial charge in [-0.25, -0.2) is 0 Å². The summed E-state index contributed by atoms with van der Waals surface area (Å²) < 4.78 is 10.9. The summed E-state index contributed by atoms with van der Waals surface area (Å²) in [7, 11) is 3.58. The van der Waals surface area contributed by atoms with Crippen LogP contribution < -0.4 is 14.8 Å². The number of piperidine rings is 1. The standard InChI is InChI=1S/C17H26N2O3.ClH/c1-13(22-16-8-6-15(21-3)7-9-16)17(20)19-10-4-5-14(12-19)11-18-2;/h6-9,13-14,18H,4-5,10-12H2,1-3H3;1H. The van der Waals surface area contributed by atoms with E-state index >= 15 is 0 Å². The number of hydrogen-bond acceptors (Lipinski definition) is 4. The van der Waals surface area contributed by atoms with E-state index < -0.39 is 6.10 Å². The summed E-state index contributed by atoms with van der Waals surface area (Å²) in [5.41, 5.74) is 0. The van der Waals surface area contributed by atoms with Crippen molar-refractivity contribution in [2.24, 2.45) is 5.92 Å². The number of nitrogens with one attached hydrogen (secondary N) is 1. The molecule has 1 fully saturated rings. The molecule has 1 aliphatic heterocycles. The van der Waals surface area contributed by atoms with Crippen LogP contribution in [0, 0.1) is 5.92 Å². The fourth-order valence-corrected chi connectivity index (χ4v) is 2.89. The lowest BCUT2D eigenvalue weighted by molar-refractivity contribution is -0.139. The molecule has 23 heavy (non-hydrogen) atoms. The van der Waals surface area contributed by atoms with Crippen molar-refractivity contribution < 1.29 is 14.3 Å². The number of halogens is 1. The second-order valence-electron chi connectivity index (χ2n) is 5.79. The normalized spacial score (nSPS) is 18.7. The third-order valence-corrected chi connectivity index (χ3v) is 4.04. The highest BCUT2D eigenvalue weighted by Gasteiger charge is 2.27. The molecular weight excluding hydrogens is 316 g/mol. The summed E-state index contributed by atoms with van der Waals surface area (Å²) in [6.07, 6.45) is 1.77. The molecular formula is C17H27ClN2O3. The lowest BCUT2D eigenvalue weighted by atomic mass is 9.97. The van der Waals surface area contributed by atoms with E-state index in [1.165, 1.54) is 6.42 Å². The minimum absolute atomic E-state index is 0. The van der Waals surface area contributed by atoms with E-state index in [2.05, 4.69) is 5.32 Å². The van der Waals surface area contributed by atoms with Crippen LogP contribution in [-0.2, 0) is 4.79 Å². The number of amides is 1. The smallest absolute Gasteiger partial charge is 0.263 e. The molecule has 130 valence electrons. The SMILES string of the molecule is CNCC1CCCN(C(=O)C(C)Oc2ccc(OC)cc2)C1.Cl. The second-order valence-corrected chi connectivity index (χ2v) is 5.79. The van der Waals surface area contributed by atoms with Gasteiger partial charge in [-0.3, -0.25) is 4.79 Å². The molecule has 0 saturated carbocycles. The van der Waals surface area contributed by atoms with Gasteiger partial charge in [-0.05, 0) is 63.5 Å². The van der Waals surface area contributed by atoms with Crippen molar-refractivity contribution >= 4 is 18.3 Å². The van der Waals surface area contributed by atoms with E-state index in [1.807, 2.05) is 43.1 Å². The number of methoxy groups -OCH3 is 1. The Hall–Kier alpha value is -1.46. The maximum atomic E-state index is 12.5. The monoisotopic (exact) mass is 342 g/mol. The molecule has 2 atom stereocenters. The minimum atomic E-state index is -0.471. The molecule has 1 N–H and O–H groups in total. The molecule has 1 aromatic rings. The predicted molar refractivity (Wildman–Crippen MR) is 93.6 cm³/mol. The van der Waals surface area contributed by atoms with Gasteiger partial charge in [0.25, 0.3) is 5.91 Å². The van der Waals surface area contributed by atoms with Gasteiger partial charge in [-0.1, -0.05) is 0 Å². The van der Waals surface area contributed by atoms with Gasteiger partial charge in [-0.15, -0.1) is 12.4 Å². The average Bonchev–Trinajstić information content (AvgIpc) is 2.55. The van der Waals surface area contributed by atoms with Crippen LogP contribution in [0.4, 0.5) is 0 Å². The number of hydrogen-bond donors (Lipinski definition) is 1. The van der Waals surface area contributed by atoms with Crippen molar-refractivity contribution in [1.82, 2.24) is 10.2 Å². The highest BCUT2D eigenvalue weighted by atomic mass is 35.5. The first kappa shape index (κ1) is 19.6. The van der Waals surface area contributed by atoms with E-state index in [4.69, 9.17) is 9.47 Å². The van der Waals surface area contributed by atoms with Crippen molar-refractivity contribution in [2.75, 3.05) is 33.8 Å². The largest absolute Gasteiger partial charge is 0.497 e. The zero-order chi connectivity index (χ0) is 15.9. The first-order valence-electron chi connectivity index (χ1n) is 7.88. The molecule has 1 heterocycles.